The summed E-state index contributed by atoms with van der Waals surface area (Å²) in [6, 6.07) is 10.5. The Labute approximate surface area is 207 Å². The number of thiazole rings is 1. The lowest BCUT2D eigenvalue weighted by Crippen LogP contribution is -2.19. The maximum absolute atomic E-state index is 13.0. The van der Waals surface area contributed by atoms with E-state index in [1.165, 1.54) is 23.7 Å². The van der Waals surface area contributed by atoms with E-state index >= 15 is 0 Å². The molecule has 4 rings (SSSR count). The normalized spacial score (nSPS) is 11.3. The molecule has 0 bridgehead atoms. The van der Waals surface area contributed by atoms with Crippen LogP contribution in [-0.4, -0.2) is 21.0 Å². The van der Waals surface area contributed by atoms with E-state index in [1.54, 1.807) is 30.3 Å². The number of urea groups is 1. The smallest absolute Gasteiger partial charge is 0.417 e. The van der Waals surface area contributed by atoms with E-state index < -0.39 is 22.8 Å². The van der Waals surface area contributed by atoms with E-state index in [0.29, 0.717) is 23.0 Å². The molecule has 0 saturated carbocycles. The highest BCUT2D eigenvalue weighted by atomic mass is 35.5. The van der Waals surface area contributed by atoms with Gasteiger partial charge in [0.25, 0.3) is 0 Å². The van der Waals surface area contributed by atoms with Gasteiger partial charge in [-0.05, 0) is 56.3 Å². The molecular weight excluding hydrogens is 503 g/mol. The van der Waals surface area contributed by atoms with Crippen LogP contribution in [0, 0.1) is 13.8 Å². The highest BCUT2D eigenvalue weighted by Gasteiger charge is 2.33. The van der Waals surface area contributed by atoms with Gasteiger partial charge in [-0.3, -0.25) is 0 Å². The topological polar surface area (TPSA) is 89.0 Å². The first kappa shape index (κ1) is 24.4. The number of anilines is 2. The standard InChI is InChI=1S/C23H17ClF3N5O2S/c1-12-21(35-13(2)30-12)19-10-20(29-11-28-19)34-16-6-3-14(4-7-16)31-22(33)32-15-5-8-18(24)17(9-15)23(25,26)27/h3-11H,1-2H3,(H2,31,32,33). The molecule has 0 radical (unpaired) electrons. The summed E-state index contributed by atoms with van der Waals surface area (Å²) in [6.07, 6.45) is -3.23. The van der Waals surface area contributed by atoms with Crippen LogP contribution in [0.15, 0.2) is 54.9 Å². The first-order chi connectivity index (χ1) is 16.6. The van der Waals surface area contributed by atoms with E-state index in [2.05, 4.69) is 25.6 Å². The zero-order valence-electron chi connectivity index (χ0n) is 18.3. The van der Waals surface area contributed by atoms with Gasteiger partial charge in [0.1, 0.15) is 12.1 Å². The number of nitrogens with zero attached hydrogens (tertiary/aromatic N) is 3. The van der Waals surface area contributed by atoms with Gasteiger partial charge in [0.05, 0.1) is 31.9 Å². The average molecular weight is 520 g/mol. The number of aryl methyl sites for hydroxylation is 2. The highest BCUT2D eigenvalue weighted by molar-refractivity contribution is 7.15. The highest BCUT2D eigenvalue weighted by Crippen LogP contribution is 2.36. The quantitative estimate of drug-likeness (QED) is 0.288. The minimum absolute atomic E-state index is 0.0508. The molecule has 2 amide bonds. The maximum atomic E-state index is 13.0. The molecule has 0 unspecified atom stereocenters. The minimum atomic E-state index is -4.63. The maximum Gasteiger partial charge on any atom is 0.417 e. The summed E-state index contributed by atoms with van der Waals surface area (Å²) in [4.78, 5) is 26.0. The first-order valence-corrected chi connectivity index (χ1v) is 11.3. The zero-order chi connectivity index (χ0) is 25.2. The van der Waals surface area contributed by atoms with Crippen molar-refractivity contribution in [2.75, 3.05) is 10.6 Å². The molecule has 0 aliphatic rings. The van der Waals surface area contributed by atoms with Crippen LogP contribution >= 0.6 is 22.9 Å². The van der Waals surface area contributed by atoms with Crippen LogP contribution < -0.4 is 15.4 Å². The van der Waals surface area contributed by atoms with Crippen LogP contribution in [0.2, 0.25) is 5.02 Å². The molecule has 0 saturated heterocycles. The molecule has 2 heterocycles. The van der Waals surface area contributed by atoms with Gasteiger partial charge in [0.15, 0.2) is 0 Å². The molecule has 12 heteroatoms. The number of benzene rings is 2. The number of rotatable bonds is 5. The van der Waals surface area contributed by atoms with Crippen LogP contribution in [0.4, 0.5) is 29.3 Å². The number of aromatic nitrogens is 3. The zero-order valence-corrected chi connectivity index (χ0v) is 19.8. The largest absolute Gasteiger partial charge is 0.439 e. The van der Waals surface area contributed by atoms with Gasteiger partial charge in [0.2, 0.25) is 5.88 Å². The molecule has 0 fully saturated rings. The number of nitrogens with one attached hydrogen (secondary N) is 2. The molecule has 0 atom stereocenters. The molecular formula is C23H17ClF3N5O2S. The Bertz CT molecular complexity index is 1380. The third-order valence-corrected chi connectivity index (χ3v) is 6.07. The number of hydrogen-bond donors (Lipinski definition) is 2. The SMILES string of the molecule is Cc1nc(C)c(-c2cc(Oc3ccc(NC(=O)Nc4ccc(Cl)c(C(F)(F)F)c4)cc3)ncn2)s1. The Hall–Kier alpha value is -3.70. The predicted octanol–water partition coefficient (Wildman–Crippen LogP) is 7.33. The number of carbonyl (C=O) groups is 1. The van der Waals surface area contributed by atoms with Crippen molar-refractivity contribution < 1.29 is 22.7 Å². The van der Waals surface area contributed by atoms with Gasteiger partial charge in [0, 0.05) is 17.4 Å². The first-order valence-electron chi connectivity index (χ1n) is 10.1. The van der Waals surface area contributed by atoms with Crippen molar-refractivity contribution in [1.82, 2.24) is 15.0 Å². The molecule has 7 nitrogen and oxygen atoms in total. The fraction of sp³-hybridized carbons (Fsp3) is 0.130. The molecule has 0 spiro atoms. The molecule has 4 aromatic rings. The Morgan fingerprint density at radius 1 is 1.00 bits per heavy atom. The fourth-order valence-corrected chi connectivity index (χ4v) is 4.24. The molecule has 2 aromatic carbocycles. The second kappa shape index (κ2) is 9.88. The number of ether oxygens (including phenoxy) is 1. The lowest BCUT2D eigenvalue weighted by atomic mass is 10.2. The molecule has 180 valence electrons. The average Bonchev–Trinajstić information content (AvgIpc) is 3.14. The van der Waals surface area contributed by atoms with E-state index in [4.69, 9.17) is 16.3 Å². The van der Waals surface area contributed by atoms with Crippen LogP contribution in [0.3, 0.4) is 0 Å². The predicted molar refractivity (Wildman–Crippen MR) is 128 cm³/mol. The summed E-state index contributed by atoms with van der Waals surface area (Å²) in [5.74, 6) is 0.799. The minimum Gasteiger partial charge on any atom is -0.439 e. The van der Waals surface area contributed by atoms with Crippen molar-refractivity contribution in [1.29, 1.82) is 0 Å². The Kier molecular flexibility index (Phi) is 6.90. The summed E-state index contributed by atoms with van der Waals surface area (Å²) in [5, 5.41) is 5.38. The number of carbonyl (C=O) groups excluding carboxylic acids is 1. The number of alkyl halides is 3. The lowest BCUT2D eigenvalue weighted by Gasteiger charge is -2.12. The Morgan fingerprint density at radius 2 is 1.69 bits per heavy atom. The molecule has 35 heavy (non-hydrogen) atoms. The van der Waals surface area contributed by atoms with E-state index in [0.717, 1.165) is 27.7 Å². The molecule has 2 aromatic heterocycles. The number of halogens is 4. The van der Waals surface area contributed by atoms with E-state index in [1.807, 2.05) is 13.8 Å². The van der Waals surface area contributed by atoms with Crippen LogP contribution in [0.25, 0.3) is 10.6 Å². The Morgan fingerprint density at radius 3 is 2.34 bits per heavy atom. The van der Waals surface area contributed by atoms with Crippen molar-refractivity contribution in [2.24, 2.45) is 0 Å². The fourth-order valence-electron chi connectivity index (χ4n) is 3.13. The van der Waals surface area contributed by atoms with Crippen molar-refractivity contribution in [3.05, 3.63) is 76.1 Å². The number of amides is 2. The van der Waals surface area contributed by atoms with Crippen LogP contribution in [0.1, 0.15) is 16.3 Å². The molecule has 2 N–H and O–H groups in total. The Balaban J connectivity index is 1.40. The van der Waals surface area contributed by atoms with Gasteiger partial charge >= 0.3 is 12.2 Å². The van der Waals surface area contributed by atoms with E-state index in [-0.39, 0.29) is 5.69 Å². The third kappa shape index (κ3) is 6.06. The second-order valence-electron chi connectivity index (χ2n) is 7.29. The van der Waals surface area contributed by atoms with Gasteiger partial charge in [-0.25, -0.2) is 19.7 Å². The van der Waals surface area contributed by atoms with Crippen molar-refractivity contribution in [3.8, 4) is 22.2 Å². The van der Waals surface area contributed by atoms with Crippen molar-refractivity contribution in [2.45, 2.75) is 20.0 Å². The van der Waals surface area contributed by atoms with Gasteiger partial charge in [-0.15, -0.1) is 11.3 Å². The van der Waals surface area contributed by atoms with Crippen LogP contribution in [0.5, 0.6) is 11.6 Å². The molecule has 0 aliphatic carbocycles. The van der Waals surface area contributed by atoms with Gasteiger partial charge in [-0.1, -0.05) is 11.6 Å². The van der Waals surface area contributed by atoms with Crippen molar-refractivity contribution >= 4 is 40.3 Å². The van der Waals surface area contributed by atoms with Crippen LogP contribution in [-0.2, 0) is 6.18 Å². The monoisotopic (exact) mass is 519 g/mol. The summed E-state index contributed by atoms with van der Waals surface area (Å²) in [7, 11) is 0. The lowest BCUT2D eigenvalue weighted by molar-refractivity contribution is -0.137. The van der Waals surface area contributed by atoms with Gasteiger partial charge in [-0.2, -0.15) is 13.2 Å². The van der Waals surface area contributed by atoms with E-state index in [9.17, 15) is 18.0 Å². The van der Waals surface area contributed by atoms with Crippen molar-refractivity contribution in [3.63, 3.8) is 0 Å². The summed E-state index contributed by atoms with van der Waals surface area (Å²) < 4.78 is 44.8. The summed E-state index contributed by atoms with van der Waals surface area (Å²) in [5.41, 5.74) is 0.888. The second-order valence-corrected chi connectivity index (χ2v) is 8.90. The number of hydrogen-bond acceptors (Lipinski definition) is 6. The summed E-state index contributed by atoms with van der Waals surface area (Å²) in [6.45, 7) is 3.83. The molecule has 0 aliphatic heterocycles. The third-order valence-electron chi connectivity index (χ3n) is 4.64. The summed E-state index contributed by atoms with van der Waals surface area (Å²) >= 11 is 7.13. The van der Waals surface area contributed by atoms with Gasteiger partial charge < -0.3 is 15.4 Å².